The molecule has 0 saturated heterocycles. The van der Waals surface area contributed by atoms with E-state index in [1.54, 1.807) is 22.6 Å². The lowest BCUT2D eigenvalue weighted by atomic mass is 10.2. The number of rotatable bonds is 1. The van der Waals surface area contributed by atoms with Gasteiger partial charge >= 0.3 is 6.18 Å². The molecule has 0 unspecified atom stereocenters. The maximum Gasteiger partial charge on any atom is 0.416 e. The summed E-state index contributed by atoms with van der Waals surface area (Å²) in [5.41, 5.74) is 3.51. The van der Waals surface area contributed by atoms with Crippen LogP contribution in [-0.4, -0.2) is 10.9 Å². The second-order valence-electron chi connectivity index (χ2n) is 2.43. The maximum absolute atomic E-state index is 12.2. The van der Waals surface area contributed by atoms with Crippen molar-refractivity contribution >= 4 is 28.5 Å². The van der Waals surface area contributed by atoms with Gasteiger partial charge < -0.3 is 5.73 Å². The van der Waals surface area contributed by atoms with Crippen LogP contribution in [0, 0.1) is 3.70 Å². The summed E-state index contributed by atoms with van der Waals surface area (Å²) in [6, 6.07) is 1.47. The molecule has 3 nitrogen and oxygen atoms in total. The van der Waals surface area contributed by atoms with Crippen LogP contribution in [0.25, 0.3) is 0 Å². The van der Waals surface area contributed by atoms with Gasteiger partial charge in [-0.3, -0.25) is 4.79 Å². The van der Waals surface area contributed by atoms with Crippen LogP contribution in [0.1, 0.15) is 16.1 Å². The topological polar surface area (TPSA) is 56.0 Å². The summed E-state index contributed by atoms with van der Waals surface area (Å²) < 4.78 is 36.8. The second kappa shape index (κ2) is 3.71. The first-order chi connectivity index (χ1) is 6.30. The van der Waals surface area contributed by atoms with Crippen LogP contribution in [0.5, 0.6) is 0 Å². The Morgan fingerprint density at radius 3 is 2.43 bits per heavy atom. The van der Waals surface area contributed by atoms with Crippen molar-refractivity contribution in [3.8, 4) is 0 Å². The van der Waals surface area contributed by atoms with E-state index >= 15 is 0 Å². The number of aromatic nitrogens is 1. The molecule has 1 aromatic heterocycles. The van der Waals surface area contributed by atoms with Crippen LogP contribution in [0.3, 0.4) is 0 Å². The van der Waals surface area contributed by atoms with Gasteiger partial charge in [-0.15, -0.1) is 0 Å². The number of carbonyl (C=O) groups excluding carboxylic acids is 1. The number of primary amides is 1. The third kappa shape index (κ3) is 2.56. The van der Waals surface area contributed by atoms with Crippen LogP contribution >= 0.6 is 22.6 Å². The molecule has 14 heavy (non-hydrogen) atoms. The molecule has 0 radical (unpaired) electrons. The molecule has 7 heteroatoms. The standard InChI is InChI=1S/C7H4F3IN2O/c8-7(9,10)3-1-4(6(12)14)13-5(11)2-3/h1-2H,(H2,12,14). The quantitative estimate of drug-likeness (QED) is 0.634. The predicted octanol–water partition coefficient (Wildman–Crippen LogP) is 1.80. The molecular formula is C7H4F3IN2O. The van der Waals surface area contributed by atoms with Crippen LogP contribution in [-0.2, 0) is 6.18 Å². The molecule has 2 N–H and O–H groups in total. The molecule has 0 aliphatic heterocycles. The van der Waals surface area contributed by atoms with Crippen molar-refractivity contribution in [3.05, 3.63) is 27.1 Å². The molecule has 1 amide bonds. The molecule has 0 atom stereocenters. The smallest absolute Gasteiger partial charge is 0.364 e. The van der Waals surface area contributed by atoms with Gasteiger partial charge in [-0.2, -0.15) is 13.2 Å². The Balaban J connectivity index is 3.28. The molecule has 0 aromatic carbocycles. The van der Waals surface area contributed by atoms with Gasteiger partial charge in [0, 0.05) is 0 Å². The highest BCUT2D eigenvalue weighted by atomic mass is 127. The van der Waals surface area contributed by atoms with Crippen molar-refractivity contribution in [2.45, 2.75) is 6.18 Å². The van der Waals surface area contributed by atoms with E-state index in [0.29, 0.717) is 6.07 Å². The SMILES string of the molecule is NC(=O)c1cc(C(F)(F)F)cc(I)n1. The van der Waals surface area contributed by atoms with Gasteiger partial charge in [0.15, 0.2) is 0 Å². The van der Waals surface area contributed by atoms with E-state index in [1.807, 2.05) is 0 Å². The monoisotopic (exact) mass is 316 g/mol. The van der Waals surface area contributed by atoms with Gasteiger partial charge in [0.2, 0.25) is 0 Å². The van der Waals surface area contributed by atoms with Gasteiger partial charge in [-0.25, -0.2) is 4.98 Å². The van der Waals surface area contributed by atoms with Gasteiger partial charge in [-0.05, 0) is 34.7 Å². The molecule has 0 bridgehead atoms. The minimum absolute atomic E-state index is 0.0752. The zero-order valence-electron chi connectivity index (χ0n) is 6.60. The second-order valence-corrected chi connectivity index (χ2v) is 3.53. The molecule has 76 valence electrons. The average molecular weight is 316 g/mol. The number of nitrogens with two attached hydrogens (primary N) is 1. The number of alkyl halides is 3. The van der Waals surface area contributed by atoms with Crippen molar-refractivity contribution < 1.29 is 18.0 Å². The van der Waals surface area contributed by atoms with Crippen molar-refractivity contribution in [1.82, 2.24) is 4.98 Å². The van der Waals surface area contributed by atoms with E-state index in [0.717, 1.165) is 6.07 Å². The minimum atomic E-state index is -4.49. The molecule has 1 heterocycles. The van der Waals surface area contributed by atoms with E-state index in [9.17, 15) is 18.0 Å². The van der Waals surface area contributed by atoms with Crippen molar-refractivity contribution in [1.29, 1.82) is 0 Å². The Bertz CT molecular complexity index is 378. The highest BCUT2D eigenvalue weighted by molar-refractivity contribution is 14.1. The summed E-state index contributed by atoms with van der Waals surface area (Å²) >= 11 is 1.59. The normalized spacial score (nSPS) is 11.4. The Labute approximate surface area is 90.6 Å². The van der Waals surface area contributed by atoms with Crippen LogP contribution < -0.4 is 5.73 Å². The lowest BCUT2D eigenvalue weighted by Crippen LogP contribution is -2.16. The Morgan fingerprint density at radius 2 is 2.00 bits per heavy atom. The van der Waals surface area contributed by atoms with Crippen LogP contribution in [0.2, 0.25) is 0 Å². The molecule has 0 saturated carbocycles. The lowest BCUT2D eigenvalue weighted by molar-refractivity contribution is -0.137. The lowest BCUT2D eigenvalue weighted by Gasteiger charge is -2.07. The number of hydrogen-bond acceptors (Lipinski definition) is 2. The number of pyridine rings is 1. The van der Waals surface area contributed by atoms with Crippen molar-refractivity contribution in [3.63, 3.8) is 0 Å². The third-order valence-electron chi connectivity index (χ3n) is 1.37. The van der Waals surface area contributed by atoms with E-state index in [4.69, 9.17) is 5.73 Å². The summed E-state index contributed by atoms with van der Waals surface area (Å²) in [5, 5.41) is 0. The fourth-order valence-corrected chi connectivity index (χ4v) is 1.38. The summed E-state index contributed by atoms with van der Waals surface area (Å²) in [6.07, 6.45) is -4.49. The fourth-order valence-electron chi connectivity index (χ4n) is 0.787. The van der Waals surface area contributed by atoms with E-state index in [-0.39, 0.29) is 9.39 Å². The Hall–Kier alpha value is -0.860. The molecule has 0 aliphatic carbocycles. The van der Waals surface area contributed by atoms with Crippen molar-refractivity contribution in [2.24, 2.45) is 5.73 Å². The van der Waals surface area contributed by atoms with Crippen LogP contribution in [0.15, 0.2) is 12.1 Å². The van der Waals surface area contributed by atoms with E-state index in [2.05, 4.69) is 4.98 Å². The van der Waals surface area contributed by atoms with Gasteiger partial charge in [0.25, 0.3) is 5.91 Å². The summed E-state index contributed by atoms with van der Waals surface area (Å²) in [6.45, 7) is 0. The molecule has 1 rings (SSSR count). The summed E-state index contributed by atoms with van der Waals surface area (Å²) in [7, 11) is 0. The number of nitrogens with zero attached hydrogens (tertiary/aromatic N) is 1. The molecule has 1 aromatic rings. The largest absolute Gasteiger partial charge is 0.416 e. The zero-order valence-corrected chi connectivity index (χ0v) is 8.76. The van der Waals surface area contributed by atoms with Gasteiger partial charge in [0.1, 0.15) is 9.39 Å². The van der Waals surface area contributed by atoms with Crippen molar-refractivity contribution in [2.75, 3.05) is 0 Å². The van der Waals surface area contributed by atoms with E-state index in [1.165, 1.54) is 0 Å². The van der Waals surface area contributed by atoms with Gasteiger partial charge in [0.05, 0.1) is 5.56 Å². The van der Waals surface area contributed by atoms with E-state index < -0.39 is 17.6 Å². The zero-order chi connectivity index (χ0) is 10.9. The van der Waals surface area contributed by atoms with Crippen LogP contribution in [0.4, 0.5) is 13.2 Å². The molecule has 0 fully saturated rings. The summed E-state index contributed by atoms with van der Waals surface area (Å²) in [5.74, 6) is -0.978. The molecular weight excluding hydrogens is 312 g/mol. The number of halogens is 4. The maximum atomic E-state index is 12.2. The highest BCUT2D eigenvalue weighted by Crippen LogP contribution is 2.30. The first kappa shape index (κ1) is 11.2. The first-order valence-corrected chi connectivity index (χ1v) is 4.43. The predicted molar refractivity (Wildman–Crippen MR) is 50.5 cm³/mol. The van der Waals surface area contributed by atoms with Gasteiger partial charge in [-0.1, -0.05) is 0 Å². The number of carbonyl (C=O) groups is 1. The Kier molecular flexibility index (Phi) is 2.98. The first-order valence-electron chi connectivity index (χ1n) is 3.35. The number of amides is 1. The Morgan fingerprint density at radius 1 is 1.43 bits per heavy atom. The molecule has 0 spiro atoms. The average Bonchev–Trinajstić information content (AvgIpc) is 2.01. The number of hydrogen-bond donors (Lipinski definition) is 1. The summed E-state index contributed by atoms with van der Waals surface area (Å²) in [4.78, 5) is 14.2. The third-order valence-corrected chi connectivity index (χ3v) is 1.93. The highest BCUT2D eigenvalue weighted by Gasteiger charge is 2.31. The fraction of sp³-hybridized carbons (Fsp3) is 0.143. The molecule has 0 aliphatic rings. The minimum Gasteiger partial charge on any atom is -0.364 e.